The fraction of sp³-hybridized carbons (Fsp3) is 0.650. The number of benzene rings is 1. The molecular weight excluding hydrogens is 457 g/mol. The van der Waals surface area contributed by atoms with Gasteiger partial charge in [-0.05, 0) is 49.8 Å². The topological polar surface area (TPSA) is 66.3 Å². The summed E-state index contributed by atoms with van der Waals surface area (Å²) in [5, 5.41) is 14.1. The number of hydrogen-bond acceptors (Lipinski definition) is 4. The Labute approximate surface area is 179 Å². The lowest BCUT2D eigenvalue weighted by atomic mass is 9.68. The molecule has 1 atom stereocenters. The number of rotatable bonds is 6. The molecule has 7 heteroatoms. The maximum Gasteiger partial charge on any atom is 0.194 e. The molecule has 1 aliphatic carbocycles. The van der Waals surface area contributed by atoms with Crippen LogP contribution in [0.15, 0.2) is 23.2 Å². The predicted octanol–water partition coefficient (Wildman–Crippen LogP) is 3.20. The van der Waals surface area contributed by atoms with Crippen LogP contribution in [-0.4, -0.2) is 56.4 Å². The molecule has 1 unspecified atom stereocenters. The summed E-state index contributed by atoms with van der Waals surface area (Å²) in [5.41, 5.74) is 1.22. The fourth-order valence-corrected chi connectivity index (χ4v) is 4.00. The van der Waals surface area contributed by atoms with Crippen LogP contribution in [0.1, 0.15) is 44.3 Å². The van der Waals surface area contributed by atoms with Crippen molar-refractivity contribution < 1.29 is 14.6 Å². The van der Waals surface area contributed by atoms with E-state index in [-0.39, 0.29) is 30.5 Å². The van der Waals surface area contributed by atoms with E-state index in [9.17, 15) is 5.11 Å². The minimum absolute atomic E-state index is 0. The Morgan fingerprint density at radius 3 is 2.63 bits per heavy atom. The first-order valence-electron chi connectivity index (χ1n) is 9.54. The number of nitrogens with one attached hydrogen (secondary N) is 1. The molecule has 1 spiro atoms. The van der Waals surface area contributed by atoms with Crippen LogP contribution in [-0.2, 0) is 0 Å². The van der Waals surface area contributed by atoms with Gasteiger partial charge in [0.15, 0.2) is 5.96 Å². The van der Waals surface area contributed by atoms with Crippen LogP contribution < -0.4 is 14.8 Å². The lowest BCUT2D eigenvalue weighted by molar-refractivity contribution is 0.151. The molecule has 0 bridgehead atoms. The minimum Gasteiger partial charge on any atom is -0.497 e. The normalized spacial score (nSPS) is 19.3. The van der Waals surface area contributed by atoms with Gasteiger partial charge in [0, 0.05) is 25.2 Å². The van der Waals surface area contributed by atoms with Gasteiger partial charge in [-0.1, -0.05) is 6.42 Å². The second-order valence-corrected chi connectivity index (χ2v) is 7.34. The summed E-state index contributed by atoms with van der Waals surface area (Å²) < 4.78 is 10.6. The molecule has 1 heterocycles. The summed E-state index contributed by atoms with van der Waals surface area (Å²) in [6, 6.07) is 5.45. The molecule has 27 heavy (non-hydrogen) atoms. The second-order valence-electron chi connectivity index (χ2n) is 7.34. The van der Waals surface area contributed by atoms with Crippen molar-refractivity contribution in [2.45, 2.75) is 38.7 Å². The standard InChI is InChI=1S/C20H31N3O3.HI/c1-4-21-19(23-11-10-20(14-23)8-5-9-20)22-13-17(24)16-12-15(25-2)6-7-18(16)26-3;/h6-7,12,17,24H,4-5,8-11,13-14H2,1-3H3,(H,21,22);1H. The summed E-state index contributed by atoms with van der Waals surface area (Å²) >= 11 is 0. The average Bonchev–Trinajstić information content (AvgIpc) is 3.10. The molecule has 1 saturated carbocycles. The third kappa shape index (κ3) is 4.99. The van der Waals surface area contributed by atoms with Gasteiger partial charge in [0.2, 0.25) is 0 Å². The van der Waals surface area contributed by atoms with Crippen molar-refractivity contribution >= 4 is 29.9 Å². The first-order chi connectivity index (χ1) is 12.6. The van der Waals surface area contributed by atoms with E-state index in [1.165, 1.54) is 25.7 Å². The average molecular weight is 489 g/mol. The first kappa shape index (κ1) is 22.1. The number of hydrogen-bond donors (Lipinski definition) is 2. The monoisotopic (exact) mass is 489 g/mol. The highest BCUT2D eigenvalue weighted by atomic mass is 127. The Balaban J connectivity index is 0.00000261. The van der Waals surface area contributed by atoms with Crippen LogP contribution in [0.2, 0.25) is 0 Å². The number of halogens is 1. The zero-order valence-electron chi connectivity index (χ0n) is 16.5. The van der Waals surface area contributed by atoms with Crippen LogP contribution >= 0.6 is 24.0 Å². The van der Waals surface area contributed by atoms with Gasteiger partial charge in [-0.25, -0.2) is 0 Å². The number of nitrogens with zero attached hydrogens (tertiary/aromatic N) is 2. The van der Waals surface area contributed by atoms with Crippen LogP contribution in [0.5, 0.6) is 11.5 Å². The lowest BCUT2D eigenvalue weighted by Gasteiger charge is -2.38. The van der Waals surface area contributed by atoms with Gasteiger partial charge in [0.25, 0.3) is 0 Å². The smallest absolute Gasteiger partial charge is 0.194 e. The maximum absolute atomic E-state index is 10.7. The molecule has 0 aromatic heterocycles. The van der Waals surface area contributed by atoms with Crippen LogP contribution in [0.3, 0.4) is 0 Å². The highest BCUT2D eigenvalue weighted by molar-refractivity contribution is 14.0. The fourth-order valence-electron chi connectivity index (χ4n) is 4.00. The number of methoxy groups -OCH3 is 2. The van der Waals surface area contributed by atoms with E-state index < -0.39 is 6.10 Å². The summed E-state index contributed by atoms with van der Waals surface area (Å²) in [6.07, 6.45) is 4.55. The molecule has 3 rings (SSSR count). The highest BCUT2D eigenvalue weighted by Gasteiger charge is 2.43. The number of aliphatic imine (C=N–C) groups is 1. The Morgan fingerprint density at radius 2 is 2.07 bits per heavy atom. The molecule has 1 aromatic rings. The van der Waals surface area contributed by atoms with E-state index in [1.807, 2.05) is 18.2 Å². The Bertz CT molecular complexity index is 649. The van der Waals surface area contributed by atoms with Crippen molar-refractivity contribution in [3.63, 3.8) is 0 Å². The van der Waals surface area contributed by atoms with Crippen molar-refractivity contribution in [1.82, 2.24) is 10.2 Å². The Hall–Kier alpha value is -1.22. The molecule has 1 saturated heterocycles. The van der Waals surface area contributed by atoms with E-state index in [2.05, 4.69) is 17.1 Å². The van der Waals surface area contributed by atoms with Gasteiger partial charge < -0.3 is 24.8 Å². The van der Waals surface area contributed by atoms with E-state index >= 15 is 0 Å². The molecule has 2 fully saturated rings. The van der Waals surface area contributed by atoms with Gasteiger partial charge in [0.05, 0.1) is 20.8 Å². The van der Waals surface area contributed by atoms with E-state index in [1.54, 1.807) is 14.2 Å². The van der Waals surface area contributed by atoms with Gasteiger partial charge in [-0.15, -0.1) is 24.0 Å². The van der Waals surface area contributed by atoms with Crippen molar-refractivity contribution in [3.05, 3.63) is 23.8 Å². The summed E-state index contributed by atoms with van der Waals surface area (Å²) in [7, 11) is 3.22. The largest absolute Gasteiger partial charge is 0.497 e. The SMILES string of the molecule is CCNC(=NCC(O)c1cc(OC)ccc1OC)N1CCC2(CCC2)C1.I. The maximum atomic E-state index is 10.7. The lowest BCUT2D eigenvalue weighted by Crippen LogP contribution is -2.42. The quantitative estimate of drug-likeness (QED) is 0.365. The van der Waals surface area contributed by atoms with Gasteiger partial charge in [0.1, 0.15) is 17.6 Å². The molecule has 1 aliphatic heterocycles. The molecule has 1 aromatic carbocycles. The number of ether oxygens (including phenoxy) is 2. The Morgan fingerprint density at radius 1 is 1.30 bits per heavy atom. The number of likely N-dealkylation sites (tertiary alicyclic amines) is 1. The molecule has 152 valence electrons. The minimum atomic E-state index is -0.742. The molecule has 6 nitrogen and oxygen atoms in total. The van der Waals surface area contributed by atoms with Gasteiger partial charge in [-0.3, -0.25) is 4.99 Å². The molecule has 0 radical (unpaired) electrons. The van der Waals surface area contributed by atoms with Crippen LogP contribution in [0.25, 0.3) is 0 Å². The molecular formula is C20H32IN3O3. The predicted molar refractivity (Wildman–Crippen MR) is 118 cm³/mol. The van der Waals surface area contributed by atoms with Crippen molar-refractivity contribution in [2.75, 3.05) is 40.4 Å². The van der Waals surface area contributed by atoms with Gasteiger partial charge in [-0.2, -0.15) is 0 Å². The number of aliphatic hydroxyl groups excluding tert-OH is 1. The zero-order valence-corrected chi connectivity index (χ0v) is 18.9. The van der Waals surface area contributed by atoms with E-state index in [4.69, 9.17) is 14.5 Å². The Kier molecular flexibility index (Phi) is 8.03. The summed E-state index contributed by atoms with van der Waals surface area (Å²) in [4.78, 5) is 7.06. The molecule has 2 aliphatic rings. The van der Waals surface area contributed by atoms with Crippen molar-refractivity contribution in [3.8, 4) is 11.5 Å². The number of aliphatic hydroxyl groups is 1. The molecule has 0 amide bonds. The van der Waals surface area contributed by atoms with Crippen molar-refractivity contribution in [2.24, 2.45) is 10.4 Å². The third-order valence-electron chi connectivity index (χ3n) is 5.70. The van der Waals surface area contributed by atoms with Gasteiger partial charge >= 0.3 is 0 Å². The third-order valence-corrected chi connectivity index (χ3v) is 5.70. The van der Waals surface area contributed by atoms with E-state index in [0.29, 0.717) is 22.5 Å². The van der Waals surface area contributed by atoms with Crippen LogP contribution in [0.4, 0.5) is 0 Å². The van der Waals surface area contributed by atoms with Crippen LogP contribution in [0, 0.1) is 5.41 Å². The molecule has 2 N–H and O–H groups in total. The zero-order chi connectivity index (χ0) is 18.6. The second kappa shape index (κ2) is 9.82. The summed E-state index contributed by atoms with van der Waals surface area (Å²) in [6.45, 7) is 5.31. The first-order valence-corrected chi connectivity index (χ1v) is 9.54. The number of guanidine groups is 1. The summed E-state index contributed by atoms with van der Waals surface area (Å²) in [5.74, 6) is 2.24. The van der Waals surface area contributed by atoms with E-state index in [0.717, 1.165) is 25.6 Å². The highest BCUT2D eigenvalue weighted by Crippen LogP contribution is 2.47. The van der Waals surface area contributed by atoms with Crippen molar-refractivity contribution in [1.29, 1.82) is 0 Å².